The maximum Gasteiger partial charge on any atom is 0.0703 e. The maximum atomic E-state index is 6.34. The Hall–Kier alpha value is -1.06. The average Bonchev–Trinajstić information content (AvgIpc) is 2.67. The Morgan fingerprint density at radius 3 is 2.83 bits per heavy atom. The van der Waals surface area contributed by atoms with Crippen molar-refractivity contribution in [3.05, 3.63) is 28.4 Å². The molecule has 0 aliphatic carbocycles. The lowest BCUT2D eigenvalue weighted by atomic mass is 10.1. The van der Waals surface area contributed by atoms with Gasteiger partial charge in [-0.25, -0.2) is 0 Å². The van der Waals surface area contributed by atoms with Gasteiger partial charge in [0.25, 0.3) is 0 Å². The van der Waals surface area contributed by atoms with Crippen LogP contribution < -0.4 is 0 Å². The van der Waals surface area contributed by atoms with Gasteiger partial charge in [0.15, 0.2) is 0 Å². The summed E-state index contributed by atoms with van der Waals surface area (Å²) < 4.78 is 7.12. The monoisotopic (exact) mass is 266 g/mol. The first kappa shape index (κ1) is 13.4. The number of fused-ring (bicyclic) bond motifs is 1. The van der Waals surface area contributed by atoms with Gasteiger partial charge in [0.1, 0.15) is 0 Å². The SMILES string of the molecule is CCc1cc(Cl)c2c(C)nn(CCCOC)c2c1. The quantitative estimate of drug-likeness (QED) is 0.773. The molecular weight excluding hydrogens is 248 g/mol. The standard InChI is InChI=1S/C14H19ClN2O/c1-4-11-8-12(15)14-10(2)16-17(13(14)9-11)6-5-7-18-3/h8-9H,4-7H2,1-3H3. The topological polar surface area (TPSA) is 27.1 Å². The highest BCUT2D eigenvalue weighted by Gasteiger charge is 2.11. The third-order valence-electron chi connectivity index (χ3n) is 3.17. The van der Waals surface area contributed by atoms with Crippen molar-refractivity contribution in [3.8, 4) is 0 Å². The first-order chi connectivity index (χ1) is 8.67. The minimum absolute atomic E-state index is 0.752. The molecule has 0 bridgehead atoms. The van der Waals surface area contributed by atoms with Gasteiger partial charge < -0.3 is 4.74 Å². The molecule has 0 saturated heterocycles. The summed E-state index contributed by atoms with van der Waals surface area (Å²) in [5.74, 6) is 0. The van der Waals surface area contributed by atoms with Crippen LogP contribution in [0.5, 0.6) is 0 Å². The van der Waals surface area contributed by atoms with Crippen LogP contribution >= 0.6 is 11.6 Å². The summed E-state index contributed by atoms with van der Waals surface area (Å²) in [7, 11) is 1.72. The number of hydrogen-bond acceptors (Lipinski definition) is 2. The molecule has 0 saturated carbocycles. The molecule has 1 aromatic heterocycles. The molecule has 0 aliphatic rings. The Bertz CT molecular complexity index is 548. The zero-order valence-corrected chi connectivity index (χ0v) is 11.9. The summed E-state index contributed by atoms with van der Waals surface area (Å²) in [6, 6.07) is 4.23. The van der Waals surface area contributed by atoms with Crippen LogP contribution in [0.4, 0.5) is 0 Å². The molecule has 3 nitrogen and oxygen atoms in total. The van der Waals surface area contributed by atoms with Crippen molar-refractivity contribution in [2.24, 2.45) is 0 Å². The predicted octanol–water partition coefficient (Wildman–Crippen LogP) is 3.60. The van der Waals surface area contributed by atoms with Gasteiger partial charge in [-0.1, -0.05) is 18.5 Å². The number of ether oxygens (including phenoxy) is 1. The van der Waals surface area contributed by atoms with Gasteiger partial charge in [0.05, 0.1) is 16.2 Å². The minimum Gasteiger partial charge on any atom is -0.385 e. The number of nitrogens with zero attached hydrogens (tertiary/aromatic N) is 2. The first-order valence-corrected chi connectivity index (χ1v) is 6.69. The van der Waals surface area contributed by atoms with Crippen molar-refractivity contribution in [2.45, 2.75) is 33.2 Å². The largest absolute Gasteiger partial charge is 0.385 e. The number of rotatable bonds is 5. The van der Waals surface area contributed by atoms with Crippen LogP contribution in [0.1, 0.15) is 24.6 Å². The Morgan fingerprint density at radius 2 is 2.17 bits per heavy atom. The third-order valence-corrected chi connectivity index (χ3v) is 3.46. The van der Waals surface area contributed by atoms with Crippen molar-refractivity contribution < 1.29 is 4.74 Å². The van der Waals surface area contributed by atoms with E-state index < -0.39 is 0 Å². The van der Waals surface area contributed by atoms with E-state index >= 15 is 0 Å². The van der Waals surface area contributed by atoms with Crippen LogP contribution in [0.2, 0.25) is 5.02 Å². The van der Waals surface area contributed by atoms with Gasteiger partial charge in [0, 0.05) is 25.6 Å². The zero-order chi connectivity index (χ0) is 13.1. The van der Waals surface area contributed by atoms with E-state index in [-0.39, 0.29) is 0 Å². The van der Waals surface area contributed by atoms with E-state index in [1.54, 1.807) is 7.11 Å². The molecule has 0 N–H and O–H groups in total. The zero-order valence-electron chi connectivity index (χ0n) is 11.2. The maximum absolute atomic E-state index is 6.34. The summed E-state index contributed by atoms with van der Waals surface area (Å²) in [6.07, 6.45) is 1.94. The molecule has 0 radical (unpaired) electrons. The highest BCUT2D eigenvalue weighted by atomic mass is 35.5. The van der Waals surface area contributed by atoms with E-state index in [2.05, 4.69) is 18.1 Å². The Labute approximate surface area is 113 Å². The lowest BCUT2D eigenvalue weighted by Crippen LogP contribution is -2.03. The smallest absolute Gasteiger partial charge is 0.0703 e. The normalized spacial score (nSPS) is 11.3. The van der Waals surface area contributed by atoms with Gasteiger partial charge in [0.2, 0.25) is 0 Å². The summed E-state index contributed by atoms with van der Waals surface area (Å²) in [4.78, 5) is 0. The van der Waals surface area contributed by atoms with Crippen molar-refractivity contribution in [3.63, 3.8) is 0 Å². The molecular formula is C14H19ClN2O. The molecule has 1 heterocycles. The first-order valence-electron chi connectivity index (χ1n) is 6.31. The van der Waals surface area contributed by atoms with Crippen molar-refractivity contribution in [2.75, 3.05) is 13.7 Å². The van der Waals surface area contributed by atoms with Crippen molar-refractivity contribution >= 4 is 22.5 Å². The molecule has 0 atom stereocenters. The van der Waals surface area contributed by atoms with Crippen LogP contribution in [0.25, 0.3) is 10.9 Å². The van der Waals surface area contributed by atoms with Crippen LogP contribution in [-0.2, 0) is 17.7 Å². The van der Waals surface area contributed by atoms with Crippen molar-refractivity contribution in [1.82, 2.24) is 9.78 Å². The van der Waals surface area contributed by atoms with E-state index in [4.69, 9.17) is 16.3 Å². The lowest BCUT2D eigenvalue weighted by Gasteiger charge is -2.05. The van der Waals surface area contributed by atoms with E-state index in [1.165, 1.54) is 5.56 Å². The van der Waals surface area contributed by atoms with E-state index in [1.807, 2.05) is 17.7 Å². The van der Waals surface area contributed by atoms with Crippen LogP contribution in [-0.4, -0.2) is 23.5 Å². The molecule has 1 aromatic carbocycles. The average molecular weight is 267 g/mol. The number of halogens is 1. The molecule has 0 spiro atoms. The minimum atomic E-state index is 0.752. The van der Waals surface area contributed by atoms with Gasteiger partial charge in [-0.3, -0.25) is 4.68 Å². The summed E-state index contributed by atoms with van der Waals surface area (Å²) >= 11 is 6.34. The highest BCUT2D eigenvalue weighted by Crippen LogP contribution is 2.28. The Balaban J connectivity index is 2.44. The summed E-state index contributed by atoms with van der Waals surface area (Å²) in [5, 5.41) is 6.46. The third kappa shape index (κ3) is 2.52. The fourth-order valence-electron chi connectivity index (χ4n) is 2.23. The number of aromatic nitrogens is 2. The van der Waals surface area contributed by atoms with E-state index in [0.717, 1.165) is 47.6 Å². The number of methoxy groups -OCH3 is 1. The Morgan fingerprint density at radius 1 is 1.39 bits per heavy atom. The summed E-state index contributed by atoms with van der Waals surface area (Å²) in [5.41, 5.74) is 3.38. The molecule has 2 rings (SSSR count). The lowest BCUT2D eigenvalue weighted by molar-refractivity contribution is 0.189. The van der Waals surface area contributed by atoms with Crippen LogP contribution in [0.15, 0.2) is 12.1 Å². The number of aryl methyl sites for hydroxylation is 3. The molecule has 2 aromatic rings. The fourth-order valence-corrected chi connectivity index (χ4v) is 2.60. The van der Waals surface area contributed by atoms with Crippen molar-refractivity contribution in [1.29, 1.82) is 0 Å². The molecule has 98 valence electrons. The number of hydrogen-bond donors (Lipinski definition) is 0. The second-order valence-corrected chi connectivity index (χ2v) is 4.89. The van der Waals surface area contributed by atoms with Crippen LogP contribution in [0, 0.1) is 6.92 Å². The highest BCUT2D eigenvalue weighted by molar-refractivity contribution is 6.35. The van der Waals surface area contributed by atoms with Gasteiger partial charge in [-0.2, -0.15) is 5.10 Å². The van der Waals surface area contributed by atoms with Gasteiger partial charge in [-0.05, 0) is 37.5 Å². The molecule has 0 fully saturated rings. The molecule has 4 heteroatoms. The predicted molar refractivity (Wildman–Crippen MR) is 75.4 cm³/mol. The van der Waals surface area contributed by atoms with Gasteiger partial charge >= 0.3 is 0 Å². The molecule has 18 heavy (non-hydrogen) atoms. The van der Waals surface area contributed by atoms with Gasteiger partial charge in [-0.15, -0.1) is 0 Å². The molecule has 0 unspecified atom stereocenters. The second kappa shape index (κ2) is 5.72. The fraction of sp³-hybridized carbons (Fsp3) is 0.500. The van der Waals surface area contributed by atoms with E-state index in [9.17, 15) is 0 Å². The molecule has 0 amide bonds. The number of benzene rings is 1. The molecule has 0 aliphatic heterocycles. The van der Waals surface area contributed by atoms with E-state index in [0.29, 0.717) is 0 Å². The Kier molecular flexibility index (Phi) is 4.25. The van der Waals surface area contributed by atoms with Crippen LogP contribution in [0.3, 0.4) is 0 Å². The second-order valence-electron chi connectivity index (χ2n) is 4.48. The summed E-state index contributed by atoms with van der Waals surface area (Å²) in [6.45, 7) is 5.76.